The Labute approximate surface area is 93.8 Å². The lowest BCUT2D eigenvalue weighted by Crippen LogP contribution is -2.09. The van der Waals surface area contributed by atoms with E-state index in [1.165, 1.54) is 0 Å². The quantitative estimate of drug-likeness (QED) is 0.813. The van der Waals surface area contributed by atoms with Crippen LogP contribution in [0.1, 0.15) is 28.6 Å². The molecule has 5 nitrogen and oxygen atoms in total. The van der Waals surface area contributed by atoms with E-state index in [1.54, 1.807) is 24.1 Å². The second-order valence-corrected chi connectivity index (χ2v) is 3.90. The molecule has 0 aliphatic carbocycles. The highest BCUT2D eigenvalue weighted by Gasteiger charge is 2.18. The molecule has 16 heavy (non-hydrogen) atoms. The number of aryl methyl sites for hydroxylation is 3. The van der Waals surface area contributed by atoms with Gasteiger partial charge in [0.15, 0.2) is 0 Å². The molecule has 1 unspecified atom stereocenters. The number of hydrogen-bond donors (Lipinski definition) is 1. The molecular formula is C11H14N4O. The van der Waals surface area contributed by atoms with Gasteiger partial charge in [-0.25, -0.2) is 4.68 Å². The second kappa shape index (κ2) is 4.02. The summed E-state index contributed by atoms with van der Waals surface area (Å²) in [6, 6.07) is 2.00. The van der Waals surface area contributed by atoms with Crippen molar-refractivity contribution in [3.05, 3.63) is 41.0 Å². The molecule has 0 fully saturated rings. The molecule has 84 valence electrons. The van der Waals surface area contributed by atoms with Crippen LogP contribution in [0.5, 0.6) is 0 Å². The van der Waals surface area contributed by atoms with Gasteiger partial charge in [0, 0.05) is 13.2 Å². The molecule has 0 aliphatic rings. The van der Waals surface area contributed by atoms with Crippen molar-refractivity contribution in [2.24, 2.45) is 7.05 Å². The summed E-state index contributed by atoms with van der Waals surface area (Å²) in [5.41, 5.74) is 3.33. The first kappa shape index (κ1) is 10.8. The van der Waals surface area contributed by atoms with Crippen LogP contribution < -0.4 is 0 Å². The van der Waals surface area contributed by atoms with Gasteiger partial charge in [-0.05, 0) is 25.0 Å². The lowest BCUT2D eigenvalue weighted by Gasteiger charge is -2.12. The SMILES string of the molecule is Cc1cnc(C(O)c2cnnn2C)c(C)c1. The fourth-order valence-electron chi connectivity index (χ4n) is 1.70. The van der Waals surface area contributed by atoms with Gasteiger partial charge in [-0.3, -0.25) is 4.98 Å². The highest BCUT2D eigenvalue weighted by molar-refractivity contribution is 5.28. The third-order valence-electron chi connectivity index (χ3n) is 2.54. The van der Waals surface area contributed by atoms with Crippen LogP contribution in [0, 0.1) is 13.8 Å². The molecule has 0 aromatic carbocycles. The Morgan fingerprint density at radius 3 is 2.62 bits per heavy atom. The monoisotopic (exact) mass is 218 g/mol. The van der Waals surface area contributed by atoms with Crippen LogP contribution in [0.15, 0.2) is 18.5 Å². The zero-order valence-corrected chi connectivity index (χ0v) is 9.55. The molecule has 0 radical (unpaired) electrons. The third-order valence-corrected chi connectivity index (χ3v) is 2.54. The van der Waals surface area contributed by atoms with E-state index in [2.05, 4.69) is 15.3 Å². The van der Waals surface area contributed by atoms with Crippen molar-refractivity contribution in [2.45, 2.75) is 20.0 Å². The average Bonchev–Trinajstić information content (AvgIpc) is 2.63. The zero-order chi connectivity index (χ0) is 11.7. The Morgan fingerprint density at radius 1 is 1.31 bits per heavy atom. The minimum atomic E-state index is -0.777. The van der Waals surface area contributed by atoms with Gasteiger partial charge in [0.25, 0.3) is 0 Å². The fourth-order valence-corrected chi connectivity index (χ4v) is 1.70. The summed E-state index contributed by atoms with van der Waals surface area (Å²) >= 11 is 0. The Hall–Kier alpha value is -1.75. The predicted octanol–water partition coefficient (Wildman–Crippen LogP) is 0.909. The van der Waals surface area contributed by atoms with E-state index in [0.29, 0.717) is 11.4 Å². The minimum absolute atomic E-state index is 0.638. The number of pyridine rings is 1. The van der Waals surface area contributed by atoms with Crippen molar-refractivity contribution in [3.8, 4) is 0 Å². The maximum absolute atomic E-state index is 10.2. The van der Waals surface area contributed by atoms with E-state index in [-0.39, 0.29) is 0 Å². The van der Waals surface area contributed by atoms with E-state index >= 15 is 0 Å². The molecule has 0 bridgehead atoms. The Bertz CT molecular complexity index is 506. The average molecular weight is 218 g/mol. The number of aliphatic hydroxyl groups is 1. The van der Waals surface area contributed by atoms with Gasteiger partial charge in [-0.2, -0.15) is 0 Å². The maximum Gasteiger partial charge on any atom is 0.139 e. The lowest BCUT2D eigenvalue weighted by molar-refractivity contribution is 0.204. The van der Waals surface area contributed by atoms with Gasteiger partial charge >= 0.3 is 0 Å². The van der Waals surface area contributed by atoms with Gasteiger partial charge < -0.3 is 5.11 Å². The number of aliphatic hydroxyl groups excluding tert-OH is 1. The Balaban J connectivity index is 2.41. The standard InChI is InChI=1S/C11H14N4O/c1-7-4-8(2)10(12-5-7)11(16)9-6-13-14-15(9)3/h4-6,11,16H,1-3H3. The van der Waals surface area contributed by atoms with Crippen LogP contribution in [0.4, 0.5) is 0 Å². The smallest absolute Gasteiger partial charge is 0.139 e. The third kappa shape index (κ3) is 1.81. The normalized spacial score (nSPS) is 12.8. The molecular weight excluding hydrogens is 204 g/mol. The molecule has 1 atom stereocenters. The number of hydrogen-bond acceptors (Lipinski definition) is 4. The topological polar surface area (TPSA) is 63.8 Å². The van der Waals surface area contributed by atoms with Crippen molar-refractivity contribution >= 4 is 0 Å². The van der Waals surface area contributed by atoms with Crippen LogP contribution in [0.2, 0.25) is 0 Å². The van der Waals surface area contributed by atoms with Crippen LogP contribution in [0.3, 0.4) is 0 Å². The summed E-state index contributed by atoms with van der Waals surface area (Å²) in [6.07, 6.45) is 2.52. The second-order valence-electron chi connectivity index (χ2n) is 3.90. The Morgan fingerprint density at radius 2 is 2.06 bits per heavy atom. The summed E-state index contributed by atoms with van der Waals surface area (Å²) in [4.78, 5) is 4.26. The predicted molar refractivity (Wildman–Crippen MR) is 58.8 cm³/mol. The molecule has 0 saturated heterocycles. The first-order valence-corrected chi connectivity index (χ1v) is 5.05. The van der Waals surface area contributed by atoms with E-state index in [0.717, 1.165) is 11.1 Å². The Kier molecular flexibility index (Phi) is 2.70. The molecule has 2 rings (SSSR count). The number of nitrogens with zero attached hydrogens (tertiary/aromatic N) is 4. The first-order valence-electron chi connectivity index (χ1n) is 5.05. The maximum atomic E-state index is 10.2. The van der Waals surface area contributed by atoms with E-state index < -0.39 is 6.10 Å². The lowest BCUT2D eigenvalue weighted by atomic mass is 10.1. The van der Waals surface area contributed by atoms with Crippen molar-refractivity contribution in [3.63, 3.8) is 0 Å². The molecule has 2 aromatic heterocycles. The molecule has 2 aromatic rings. The largest absolute Gasteiger partial charge is 0.380 e. The summed E-state index contributed by atoms with van der Waals surface area (Å²) in [5, 5.41) is 17.7. The summed E-state index contributed by atoms with van der Waals surface area (Å²) in [6.45, 7) is 3.91. The molecule has 0 amide bonds. The molecule has 0 aliphatic heterocycles. The van der Waals surface area contributed by atoms with E-state index in [1.807, 2.05) is 19.9 Å². The van der Waals surface area contributed by atoms with Gasteiger partial charge in [0.2, 0.25) is 0 Å². The van der Waals surface area contributed by atoms with Crippen molar-refractivity contribution in [1.82, 2.24) is 20.0 Å². The minimum Gasteiger partial charge on any atom is -0.380 e. The molecule has 1 N–H and O–H groups in total. The van der Waals surface area contributed by atoms with Gasteiger partial charge in [-0.1, -0.05) is 11.3 Å². The van der Waals surface area contributed by atoms with E-state index in [4.69, 9.17) is 0 Å². The van der Waals surface area contributed by atoms with Crippen molar-refractivity contribution in [2.75, 3.05) is 0 Å². The summed E-state index contributed by atoms with van der Waals surface area (Å²) < 4.78 is 1.55. The van der Waals surface area contributed by atoms with Crippen molar-refractivity contribution < 1.29 is 5.11 Å². The van der Waals surface area contributed by atoms with Gasteiger partial charge in [0.05, 0.1) is 17.6 Å². The van der Waals surface area contributed by atoms with Crippen molar-refractivity contribution in [1.29, 1.82) is 0 Å². The highest BCUT2D eigenvalue weighted by atomic mass is 16.3. The highest BCUT2D eigenvalue weighted by Crippen LogP contribution is 2.21. The van der Waals surface area contributed by atoms with Gasteiger partial charge in [0.1, 0.15) is 6.10 Å². The number of aromatic nitrogens is 4. The first-order chi connectivity index (χ1) is 7.59. The summed E-state index contributed by atoms with van der Waals surface area (Å²) in [7, 11) is 1.75. The van der Waals surface area contributed by atoms with Crippen LogP contribution in [-0.4, -0.2) is 25.1 Å². The van der Waals surface area contributed by atoms with Crippen LogP contribution in [0.25, 0.3) is 0 Å². The van der Waals surface area contributed by atoms with Gasteiger partial charge in [-0.15, -0.1) is 5.10 Å². The summed E-state index contributed by atoms with van der Waals surface area (Å²) in [5.74, 6) is 0. The van der Waals surface area contributed by atoms with Crippen LogP contribution in [-0.2, 0) is 7.05 Å². The molecule has 0 spiro atoms. The van der Waals surface area contributed by atoms with E-state index in [9.17, 15) is 5.11 Å². The zero-order valence-electron chi connectivity index (χ0n) is 9.55. The van der Waals surface area contributed by atoms with Crippen LogP contribution >= 0.6 is 0 Å². The molecule has 2 heterocycles. The molecule has 0 saturated carbocycles. The fraction of sp³-hybridized carbons (Fsp3) is 0.364. The number of rotatable bonds is 2. The molecule has 5 heteroatoms.